The van der Waals surface area contributed by atoms with Gasteiger partial charge in [-0.25, -0.2) is 0 Å². The molecule has 0 aromatic rings. The van der Waals surface area contributed by atoms with Gasteiger partial charge in [-0.3, -0.25) is 4.79 Å². The Hall–Kier alpha value is -1.89. The highest BCUT2D eigenvalue weighted by atomic mass is 16.1. The molecule has 0 radical (unpaired) electrons. The highest BCUT2D eigenvalue weighted by Crippen LogP contribution is 2.13. The summed E-state index contributed by atoms with van der Waals surface area (Å²) < 4.78 is 0. The minimum absolute atomic E-state index is 0.0434. The van der Waals surface area contributed by atoms with E-state index in [0.29, 0.717) is 5.57 Å². The van der Waals surface area contributed by atoms with Crippen molar-refractivity contribution in [2.45, 2.75) is 33.1 Å². The van der Waals surface area contributed by atoms with E-state index in [0.717, 1.165) is 36.0 Å². The van der Waals surface area contributed by atoms with Crippen LogP contribution >= 0.6 is 0 Å². The zero-order chi connectivity index (χ0) is 14.8. The molecule has 0 spiro atoms. The summed E-state index contributed by atoms with van der Waals surface area (Å²) in [7, 11) is 0. The molecule has 0 aromatic heterocycles. The Kier molecular flexibility index (Phi) is 8.19. The summed E-state index contributed by atoms with van der Waals surface area (Å²) in [4.78, 5) is 11.0. The summed E-state index contributed by atoms with van der Waals surface area (Å²) in [6.45, 7) is 19.1. The maximum Gasteiger partial charge on any atom is 0.159 e. The average molecular weight is 256 g/mol. The van der Waals surface area contributed by atoms with Gasteiger partial charge in [0.25, 0.3) is 0 Å². The lowest BCUT2D eigenvalue weighted by molar-refractivity contribution is -0.113. The zero-order valence-corrected chi connectivity index (χ0v) is 12.2. The van der Waals surface area contributed by atoms with Gasteiger partial charge in [-0.1, -0.05) is 69.5 Å². The number of carbonyl (C=O) groups excluding carboxylic acids is 1. The molecular formula is C18H24O. The van der Waals surface area contributed by atoms with Gasteiger partial charge in [0.2, 0.25) is 0 Å². The van der Waals surface area contributed by atoms with E-state index in [-0.39, 0.29) is 5.78 Å². The molecule has 0 fully saturated rings. The van der Waals surface area contributed by atoms with Crippen LogP contribution in [0.25, 0.3) is 0 Å². The first-order valence-corrected chi connectivity index (χ1v) is 6.50. The van der Waals surface area contributed by atoms with Crippen LogP contribution in [0.3, 0.4) is 0 Å². The minimum Gasteiger partial charge on any atom is -0.295 e. The van der Waals surface area contributed by atoms with Crippen LogP contribution in [0.1, 0.15) is 33.1 Å². The van der Waals surface area contributed by atoms with Crippen molar-refractivity contribution in [3.8, 4) is 0 Å². The quantitative estimate of drug-likeness (QED) is 0.414. The van der Waals surface area contributed by atoms with Crippen molar-refractivity contribution in [1.82, 2.24) is 0 Å². The van der Waals surface area contributed by atoms with Crippen LogP contribution < -0.4 is 0 Å². The van der Waals surface area contributed by atoms with Crippen LogP contribution in [0.4, 0.5) is 0 Å². The lowest BCUT2D eigenvalue weighted by atomic mass is 10.0. The number of rotatable bonds is 9. The van der Waals surface area contributed by atoms with Gasteiger partial charge in [0.15, 0.2) is 5.78 Å². The average Bonchev–Trinajstić information content (AvgIpc) is 2.38. The fourth-order valence-corrected chi connectivity index (χ4v) is 1.24. The SMILES string of the molecule is C=C(C=CC(=C)C(=C)C=CC(=C)C(C)=O)CCCC. The van der Waals surface area contributed by atoms with Gasteiger partial charge in [0.05, 0.1) is 0 Å². The first-order chi connectivity index (χ1) is 8.88. The number of hydrogen-bond donors (Lipinski definition) is 0. The first kappa shape index (κ1) is 17.1. The Labute approximate surface area is 117 Å². The van der Waals surface area contributed by atoms with Crippen LogP contribution in [0.5, 0.6) is 0 Å². The van der Waals surface area contributed by atoms with Gasteiger partial charge in [0, 0.05) is 5.57 Å². The Morgan fingerprint density at radius 3 is 1.84 bits per heavy atom. The third kappa shape index (κ3) is 7.93. The van der Waals surface area contributed by atoms with Crippen LogP contribution in [0.15, 0.2) is 72.9 Å². The van der Waals surface area contributed by atoms with E-state index in [1.165, 1.54) is 6.92 Å². The number of Topliss-reactive ketones (excluding diaryl/α,β-unsaturated/α-hetero) is 1. The molecule has 0 amide bonds. The van der Waals surface area contributed by atoms with E-state index in [2.05, 4.69) is 33.2 Å². The fourth-order valence-electron chi connectivity index (χ4n) is 1.24. The third-order valence-corrected chi connectivity index (χ3v) is 2.72. The molecule has 0 saturated heterocycles. The second kappa shape index (κ2) is 9.09. The van der Waals surface area contributed by atoms with Gasteiger partial charge in [-0.2, -0.15) is 0 Å². The molecule has 102 valence electrons. The topological polar surface area (TPSA) is 17.1 Å². The van der Waals surface area contributed by atoms with Crippen molar-refractivity contribution in [3.63, 3.8) is 0 Å². The molecule has 0 aliphatic carbocycles. The third-order valence-electron chi connectivity index (χ3n) is 2.72. The normalized spacial score (nSPS) is 10.8. The number of carbonyl (C=O) groups is 1. The van der Waals surface area contributed by atoms with E-state index in [1.54, 1.807) is 12.2 Å². The highest BCUT2D eigenvalue weighted by Gasteiger charge is 1.96. The molecule has 0 bridgehead atoms. The smallest absolute Gasteiger partial charge is 0.159 e. The van der Waals surface area contributed by atoms with Crippen LogP contribution in [0.2, 0.25) is 0 Å². The van der Waals surface area contributed by atoms with Crippen molar-refractivity contribution in [3.05, 3.63) is 72.9 Å². The van der Waals surface area contributed by atoms with E-state index in [4.69, 9.17) is 0 Å². The molecule has 0 aliphatic rings. The van der Waals surface area contributed by atoms with E-state index in [9.17, 15) is 4.79 Å². The lowest BCUT2D eigenvalue weighted by Crippen LogP contribution is -1.90. The summed E-state index contributed by atoms with van der Waals surface area (Å²) in [5.41, 5.74) is 3.13. The molecule has 1 heteroatoms. The number of ketones is 1. The van der Waals surface area contributed by atoms with Crippen molar-refractivity contribution in [2.24, 2.45) is 0 Å². The molecule has 0 aliphatic heterocycles. The van der Waals surface area contributed by atoms with Gasteiger partial charge < -0.3 is 0 Å². The van der Waals surface area contributed by atoms with Crippen LogP contribution in [0, 0.1) is 0 Å². The second-order valence-electron chi connectivity index (χ2n) is 4.56. The largest absolute Gasteiger partial charge is 0.295 e. The van der Waals surface area contributed by atoms with Crippen molar-refractivity contribution >= 4 is 5.78 Å². The molecule has 0 N–H and O–H groups in total. The standard InChI is InChI=1S/C18H24O/c1-7-8-9-14(2)10-11-15(3)16(4)12-13-17(5)18(6)19/h10-13H,2-5,7-9H2,1,6H3. The van der Waals surface area contributed by atoms with E-state index >= 15 is 0 Å². The first-order valence-electron chi connectivity index (χ1n) is 6.50. The fraction of sp³-hybridized carbons (Fsp3) is 0.278. The molecule has 0 saturated carbocycles. The van der Waals surface area contributed by atoms with Crippen LogP contribution in [-0.4, -0.2) is 5.78 Å². The molecule has 19 heavy (non-hydrogen) atoms. The molecule has 0 heterocycles. The molecule has 0 aromatic carbocycles. The van der Waals surface area contributed by atoms with Gasteiger partial charge in [-0.05, 0) is 30.9 Å². The predicted octanol–water partition coefficient (Wildman–Crippen LogP) is 5.10. The molecule has 1 nitrogen and oxygen atoms in total. The maximum absolute atomic E-state index is 11.0. The summed E-state index contributed by atoms with van der Waals surface area (Å²) >= 11 is 0. The maximum atomic E-state index is 11.0. The van der Waals surface area contributed by atoms with Crippen molar-refractivity contribution in [2.75, 3.05) is 0 Å². The lowest BCUT2D eigenvalue weighted by Gasteiger charge is -2.01. The van der Waals surface area contributed by atoms with Gasteiger partial charge in [-0.15, -0.1) is 0 Å². The Balaban J connectivity index is 4.39. The molecule has 0 unspecified atom stereocenters. The number of unbranched alkanes of at least 4 members (excludes halogenated alkanes) is 1. The Morgan fingerprint density at radius 1 is 0.895 bits per heavy atom. The number of allylic oxidation sites excluding steroid dienone is 8. The van der Waals surface area contributed by atoms with Gasteiger partial charge in [0.1, 0.15) is 0 Å². The Morgan fingerprint density at radius 2 is 1.37 bits per heavy atom. The molecule has 0 atom stereocenters. The molecular weight excluding hydrogens is 232 g/mol. The zero-order valence-electron chi connectivity index (χ0n) is 12.2. The molecule has 0 rings (SSSR count). The minimum atomic E-state index is -0.0434. The summed E-state index contributed by atoms with van der Waals surface area (Å²) in [6.07, 6.45) is 10.6. The Bertz CT molecular complexity index is 444. The monoisotopic (exact) mass is 256 g/mol. The highest BCUT2D eigenvalue weighted by molar-refractivity contribution is 5.95. The van der Waals surface area contributed by atoms with Crippen molar-refractivity contribution in [1.29, 1.82) is 0 Å². The van der Waals surface area contributed by atoms with Gasteiger partial charge >= 0.3 is 0 Å². The summed E-state index contributed by atoms with van der Waals surface area (Å²) in [5.74, 6) is -0.0434. The van der Waals surface area contributed by atoms with Crippen molar-refractivity contribution < 1.29 is 4.79 Å². The number of hydrogen-bond acceptors (Lipinski definition) is 1. The second-order valence-corrected chi connectivity index (χ2v) is 4.56. The van der Waals surface area contributed by atoms with Crippen LogP contribution in [-0.2, 0) is 4.79 Å². The summed E-state index contributed by atoms with van der Waals surface area (Å²) in [6, 6.07) is 0. The van der Waals surface area contributed by atoms with E-state index in [1.807, 2.05) is 12.2 Å². The predicted molar refractivity (Wildman–Crippen MR) is 85.0 cm³/mol. The van der Waals surface area contributed by atoms with E-state index < -0.39 is 0 Å². The summed E-state index contributed by atoms with van der Waals surface area (Å²) in [5, 5.41) is 0.